The van der Waals surface area contributed by atoms with E-state index in [1.54, 1.807) is 17.0 Å². The number of carbonyl (C=O) groups excluding carboxylic acids is 1. The summed E-state index contributed by atoms with van der Waals surface area (Å²) in [4.78, 5) is 32.8. The molecule has 3 aromatic rings. The van der Waals surface area contributed by atoms with Crippen LogP contribution in [0.1, 0.15) is 18.5 Å². The number of aromatic nitrogens is 4. The lowest BCUT2D eigenvalue weighted by Crippen LogP contribution is -2.49. The number of nitriles is 1. The molecule has 5 heterocycles. The molecule has 0 aromatic carbocycles. The number of carbonyl (C=O) groups is 1. The van der Waals surface area contributed by atoms with E-state index in [0.29, 0.717) is 56.1 Å². The van der Waals surface area contributed by atoms with E-state index in [-0.39, 0.29) is 35.0 Å². The first-order valence-corrected chi connectivity index (χ1v) is 12.0. The summed E-state index contributed by atoms with van der Waals surface area (Å²) < 4.78 is 18.3. The fourth-order valence-corrected chi connectivity index (χ4v) is 4.91. The highest BCUT2D eigenvalue weighted by Gasteiger charge is 2.27. The molecule has 3 aromatic heterocycles. The number of furan rings is 1. The van der Waals surface area contributed by atoms with Crippen LogP contribution < -0.4 is 10.6 Å². The molecule has 13 heteroatoms. The fourth-order valence-electron chi connectivity index (χ4n) is 4.05. The molecule has 2 aliphatic heterocycles. The van der Waals surface area contributed by atoms with Crippen molar-refractivity contribution < 1.29 is 18.4 Å². The molecular weight excluding hydrogens is 462 g/mol. The highest BCUT2D eigenvalue weighted by molar-refractivity contribution is 7.99. The molecule has 0 bridgehead atoms. The fraction of sp³-hybridized carbons (Fsp3) is 0.476. The average Bonchev–Trinajstić information content (AvgIpc) is 3.66. The summed E-state index contributed by atoms with van der Waals surface area (Å²) in [6.45, 7) is 3.10. The predicted octanol–water partition coefficient (Wildman–Crippen LogP) is 1.31. The molecule has 0 aliphatic carbocycles. The normalized spacial score (nSPS) is 18.4. The van der Waals surface area contributed by atoms with Gasteiger partial charge in [0.1, 0.15) is 6.07 Å². The minimum atomic E-state index is -0.298. The standard InChI is InChI=1S/C21H23N7O5S/c22-11-15-19(33-18(23-15)16-4-2-10-32-16)27-7-5-26(6-8-27)17(29)13-34-21-25-24-20(30)28(21)12-14-3-1-9-31-14/h2,4,10,14H,1,3,5-9,12-13H2,(H,24,30). The van der Waals surface area contributed by atoms with Gasteiger partial charge >= 0.3 is 5.69 Å². The smallest absolute Gasteiger partial charge is 0.344 e. The summed E-state index contributed by atoms with van der Waals surface area (Å²) in [5, 5.41) is 16.5. The highest BCUT2D eigenvalue weighted by Crippen LogP contribution is 2.29. The summed E-state index contributed by atoms with van der Waals surface area (Å²) in [7, 11) is 0. The van der Waals surface area contributed by atoms with Crippen LogP contribution in [0.4, 0.5) is 5.88 Å². The molecule has 5 rings (SSSR count). The Balaban J connectivity index is 1.17. The summed E-state index contributed by atoms with van der Waals surface area (Å²) in [5.74, 6) is 1.21. The number of ether oxygens (including phenoxy) is 1. The maximum absolute atomic E-state index is 12.8. The molecule has 178 valence electrons. The van der Waals surface area contributed by atoms with Crippen molar-refractivity contribution in [3.05, 3.63) is 34.6 Å². The number of thioether (sulfide) groups is 1. The second kappa shape index (κ2) is 9.78. The Morgan fingerprint density at radius 1 is 1.32 bits per heavy atom. The zero-order valence-corrected chi connectivity index (χ0v) is 19.1. The molecule has 12 nitrogen and oxygen atoms in total. The van der Waals surface area contributed by atoms with Gasteiger partial charge in [0, 0.05) is 32.8 Å². The number of oxazole rings is 1. The molecule has 2 aliphatic rings. The van der Waals surface area contributed by atoms with Crippen LogP contribution in [0.15, 0.2) is 37.2 Å². The first-order chi connectivity index (χ1) is 16.6. The zero-order chi connectivity index (χ0) is 23.5. The van der Waals surface area contributed by atoms with Gasteiger partial charge in [-0.1, -0.05) is 11.8 Å². The molecular formula is C21H23N7O5S. The van der Waals surface area contributed by atoms with E-state index in [2.05, 4.69) is 21.3 Å². The minimum absolute atomic E-state index is 0.00104. The van der Waals surface area contributed by atoms with Gasteiger partial charge in [0.2, 0.25) is 17.5 Å². The number of amides is 1. The highest BCUT2D eigenvalue weighted by atomic mass is 32.2. The number of aromatic amines is 1. The molecule has 0 spiro atoms. The molecule has 2 saturated heterocycles. The van der Waals surface area contributed by atoms with Gasteiger partial charge in [0.25, 0.3) is 5.89 Å². The quantitative estimate of drug-likeness (QED) is 0.486. The van der Waals surface area contributed by atoms with Gasteiger partial charge in [-0.25, -0.2) is 9.89 Å². The van der Waals surface area contributed by atoms with Crippen LogP contribution >= 0.6 is 11.8 Å². The second-order valence-corrected chi connectivity index (χ2v) is 8.92. The first-order valence-electron chi connectivity index (χ1n) is 11.0. The van der Waals surface area contributed by atoms with Crippen molar-refractivity contribution in [2.24, 2.45) is 0 Å². The van der Waals surface area contributed by atoms with E-state index in [9.17, 15) is 14.9 Å². The Kier molecular flexibility index (Phi) is 6.41. The number of rotatable bonds is 7. The van der Waals surface area contributed by atoms with E-state index in [0.717, 1.165) is 12.8 Å². The van der Waals surface area contributed by atoms with Gasteiger partial charge in [0.05, 0.1) is 24.7 Å². The Morgan fingerprint density at radius 2 is 2.18 bits per heavy atom. The van der Waals surface area contributed by atoms with Crippen molar-refractivity contribution in [2.75, 3.05) is 43.4 Å². The van der Waals surface area contributed by atoms with Gasteiger partial charge in [-0.05, 0) is 25.0 Å². The summed E-state index contributed by atoms with van der Waals surface area (Å²) >= 11 is 1.24. The van der Waals surface area contributed by atoms with Gasteiger partial charge in [-0.2, -0.15) is 10.2 Å². The van der Waals surface area contributed by atoms with Crippen molar-refractivity contribution in [3.8, 4) is 17.7 Å². The number of nitrogens with one attached hydrogen (secondary N) is 1. The maximum Gasteiger partial charge on any atom is 0.344 e. The van der Waals surface area contributed by atoms with Gasteiger partial charge in [-0.15, -0.1) is 5.10 Å². The Bertz CT molecular complexity index is 1230. The lowest BCUT2D eigenvalue weighted by Gasteiger charge is -2.34. The van der Waals surface area contributed by atoms with Crippen molar-refractivity contribution >= 4 is 23.6 Å². The number of piperazine rings is 1. The molecule has 1 unspecified atom stereocenters. The van der Waals surface area contributed by atoms with E-state index in [1.807, 2.05) is 4.90 Å². The first kappa shape index (κ1) is 22.3. The molecule has 1 N–H and O–H groups in total. The van der Waals surface area contributed by atoms with Gasteiger partial charge in [0.15, 0.2) is 10.9 Å². The van der Waals surface area contributed by atoms with E-state index >= 15 is 0 Å². The molecule has 0 radical (unpaired) electrons. The van der Waals surface area contributed by atoms with Crippen molar-refractivity contribution in [3.63, 3.8) is 0 Å². The third-order valence-corrected chi connectivity index (χ3v) is 6.79. The van der Waals surface area contributed by atoms with Crippen LogP contribution in [0.5, 0.6) is 0 Å². The van der Waals surface area contributed by atoms with Crippen molar-refractivity contribution in [2.45, 2.75) is 30.6 Å². The molecule has 34 heavy (non-hydrogen) atoms. The number of anilines is 1. The van der Waals surface area contributed by atoms with Crippen LogP contribution in [-0.4, -0.2) is 75.2 Å². The van der Waals surface area contributed by atoms with Crippen LogP contribution in [0.2, 0.25) is 0 Å². The van der Waals surface area contributed by atoms with E-state index in [4.69, 9.17) is 13.6 Å². The number of hydrogen-bond acceptors (Lipinski definition) is 10. The summed E-state index contributed by atoms with van der Waals surface area (Å²) in [6, 6.07) is 5.50. The van der Waals surface area contributed by atoms with Crippen LogP contribution in [0.3, 0.4) is 0 Å². The summed E-state index contributed by atoms with van der Waals surface area (Å²) in [5.41, 5.74) is -0.113. The number of H-pyrrole nitrogens is 1. The van der Waals surface area contributed by atoms with E-state index < -0.39 is 0 Å². The third-order valence-electron chi connectivity index (χ3n) is 5.82. The molecule has 1 atom stereocenters. The second-order valence-electron chi connectivity index (χ2n) is 7.98. The van der Waals surface area contributed by atoms with E-state index in [1.165, 1.54) is 22.6 Å². The molecule has 2 fully saturated rings. The van der Waals surface area contributed by atoms with Gasteiger partial charge < -0.3 is 23.4 Å². The van der Waals surface area contributed by atoms with Crippen LogP contribution in [0, 0.1) is 11.3 Å². The SMILES string of the molecule is N#Cc1nc(-c2ccco2)oc1N1CCN(C(=O)CSc2n[nH]c(=O)n2CC2CCCO2)CC1. The molecule has 1 amide bonds. The topological polar surface area (TPSA) is 146 Å². The lowest BCUT2D eigenvalue weighted by atomic mass is 10.2. The van der Waals surface area contributed by atoms with Gasteiger partial charge in [-0.3, -0.25) is 9.36 Å². The minimum Gasteiger partial charge on any atom is -0.459 e. The monoisotopic (exact) mass is 485 g/mol. The van der Waals surface area contributed by atoms with Crippen LogP contribution in [-0.2, 0) is 16.1 Å². The number of nitrogens with zero attached hydrogens (tertiary/aromatic N) is 6. The zero-order valence-electron chi connectivity index (χ0n) is 18.3. The maximum atomic E-state index is 12.8. The Labute approximate surface area is 198 Å². The van der Waals surface area contributed by atoms with Crippen molar-refractivity contribution in [1.29, 1.82) is 5.26 Å². The lowest BCUT2D eigenvalue weighted by molar-refractivity contribution is -0.128. The molecule has 0 saturated carbocycles. The summed E-state index contributed by atoms with van der Waals surface area (Å²) in [6.07, 6.45) is 3.41. The Hall–Kier alpha value is -3.50. The number of hydrogen-bond donors (Lipinski definition) is 1. The van der Waals surface area contributed by atoms with Crippen molar-refractivity contribution in [1.82, 2.24) is 24.6 Å². The van der Waals surface area contributed by atoms with Crippen LogP contribution in [0.25, 0.3) is 11.7 Å². The predicted molar refractivity (Wildman–Crippen MR) is 120 cm³/mol. The third kappa shape index (κ3) is 4.59. The largest absolute Gasteiger partial charge is 0.459 e. The average molecular weight is 486 g/mol. The Morgan fingerprint density at radius 3 is 2.88 bits per heavy atom.